The Kier molecular flexibility index (Phi) is 6.74. The summed E-state index contributed by atoms with van der Waals surface area (Å²) in [6.45, 7) is 1.95. The lowest BCUT2D eigenvalue weighted by Crippen LogP contribution is -2.27. The van der Waals surface area contributed by atoms with Crippen LogP contribution in [-0.2, 0) is 11.4 Å². The van der Waals surface area contributed by atoms with Gasteiger partial charge in [-0.15, -0.1) is 0 Å². The fraction of sp³-hybridized carbons (Fsp3) is 0.0800. The quantitative estimate of drug-likeness (QED) is 0.228. The summed E-state index contributed by atoms with van der Waals surface area (Å²) in [6, 6.07) is 21.9. The molecular formula is C25H18ClNO3S2. The largest absolute Gasteiger partial charge is 0.489 e. The Hall–Kier alpha value is -2.93. The lowest BCUT2D eigenvalue weighted by molar-refractivity contribution is -0.113. The predicted molar refractivity (Wildman–Crippen MR) is 134 cm³/mol. The van der Waals surface area contributed by atoms with Crippen molar-refractivity contribution in [2.75, 3.05) is 4.90 Å². The normalized spacial score (nSPS) is 14.8. The third kappa shape index (κ3) is 5.10. The van der Waals surface area contributed by atoms with Crippen molar-refractivity contribution in [3.05, 3.63) is 99.4 Å². The summed E-state index contributed by atoms with van der Waals surface area (Å²) in [5.41, 5.74) is 3.13. The maximum Gasteiger partial charge on any atom is 0.270 e. The van der Waals surface area contributed by atoms with Crippen molar-refractivity contribution in [1.82, 2.24) is 0 Å². The Morgan fingerprint density at radius 1 is 1.03 bits per heavy atom. The highest BCUT2D eigenvalue weighted by molar-refractivity contribution is 8.27. The van der Waals surface area contributed by atoms with E-state index in [1.54, 1.807) is 24.3 Å². The zero-order valence-electron chi connectivity index (χ0n) is 17.1. The van der Waals surface area contributed by atoms with Crippen molar-refractivity contribution in [3.63, 3.8) is 0 Å². The van der Waals surface area contributed by atoms with Gasteiger partial charge in [-0.2, -0.15) is 0 Å². The van der Waals surface area contributed by atoms with Gasteiger partial charge in [0.15, 0.2) is 10.1 Å². The number of carbonyl (C=O) groups excluding carboxylic acids is 2. The van der Waals surface area contributed by atoms with E-state index in [2.05, 4.69) is 0 Å². The summed E-state index contributed by atoms with van der Waals surface area (Å²) in [6.07, 6.45) is 1.81. The number of benzene rings is 3. The van der Waals surface area contributed by atoms with Gasteiger partial charge in [0.05, 0.1) is 10.6 Å². The molecule has 32 heavy (non-hydrogen) atoms. The number of Topliss-reactive ketones (excluding diaryl/α,β-unsaturated/α-hetero) is 1. The summed E-state index contributed by atoms with van der Waals surface area (Å²) >= 11 is 12.6. The highest BCUT2D eigenvalue weighted by atomic mass is 35.5. The molecule has 1 fully saturated rings. The number of halogens is 1. The van der Waals surface area contributed by atoms with E-state index in [1.807, 2.05) is 54.6 Å². The van der Waals surface area contributed by atoms with Crippen molar-refractivity contribution in [2.24, 2.45) is 0 Å². The summed E-state index contributed by atoms with van der Waals surface area (Å²) < 4.78 is 6.27. The van der Waals surface area contributed by atoms with Crippen molar-refractivity contribution in [2.45, 2.75) is 13.5 Å². The van der Waals surface area contributed by atoms with Crippen LogP contribution < -0.4 is 9.64 Å². The van der Waals surface area contributed by atoms with Crippen molar-refractivity contribution in [1.29, 1.82) is 0 Å². The molecule has 7 heteroatoms. The molecule has 1 aliphatic heterocycles. The lowest BCUT2D eigenvalue weighted by atomic mass is 10.1. The molecule has 4 nitrogen and oxygen atoms in total. The Morgan fingerprint density at radius 3 is 2.31 bits per heavy atom. The number of amides is 1. The maximum atomic E-state index is 12.9. The van der Waals surface area contributed by atoms with Crippen LogP contribution in [0.4, 0.5) is 5.69 Å². The summed E-state index contributed by atoms with van der Waals surface area (Å²) in [5, 5.41) is 0.691. The third-order valence-electron chi connectivity index (χ3n) is 4.82. The predicted octanol–water partition coefficient (Wildman–Crippen LogP) is 6.53. The second kappa shape index (κ2) is 9.69. The minimum Gasteiger partial charge on any atom is -0.489 e. The molecule has 0 atom stereocenters. The van der Waals surface area contributed by atoms with Crippen molar-refractivity contribution >= 4 is 63.4 Å². The number of thioether (sulfide) groups is 1. The number of hydrogen-bond acceptors (Lipinski definition) is 5. The van der Waals surface area contributed by atoms with Gasteiger partial charge < -0.3 is 4.74 Å². The highest BCUT2D eigenvalue weighted by Gasteiger charge is 2.33. The van der Waals surface area contributed by atoms with Crippen LogP contribution in [0.5, 0.6) is 5.75 Å². The molecular weight excluding hydrogens is 462 g/mol. The Bertz CT molecular complexity index is 1200. The van der Waals surface area contributed by atoms with E-state index in [-0.39, 0.29) is 11.7 Å². The van der Waals surface area contributed by atoms with E-state index in [0.717, 1.165) is 16.9 Å². The van der Waals surface area contributed by atoms with Crippen LogP contribution in [0.3, 0.4) is 0 Å². The molecule has 0 spiro atoms. The number of carbonyl (C=O) groups is 2. The second-order valence-electron chi connectivity index (χ2n) is 7.10. The molecule has 1 heterocycles. The number of ether oxygens (including phenoxy) is 1. The average Bonchev–Trinajstić information content (AvgIpc) is 3.07. The summed E-state index contributed by atoms with van der Waals surface area (Å²) in [4.78, 5) is 26.4. The molecule has 1 saturated heterocycles. The Labute approximate surface area is 200 Å². The van der Waals surface area contributed by atoms with Gasteiger partial charge in [0.25, 0.3) is 5.91 Å². The Morgan fingerprint density at radius 2 is 1.69 bits per heavy atom. The standard InChI is InChI=1S/C25H18ClNO3S2/c1-16(28)19-6-10-21(11-7-19)27-24(29)23(32-25(27)31)14-17-4-12-22(13-5-17)30-15-18-2-8-20(26)9-3-18/h2-14H,15H2,1H3/b23-14-. The molecule has 0 aromatic heterocycles. The minimum atomic E-state index is -0.182. The van der Waals surface area contributed by atoms with Crippen LogP contribution >= 0.6 is 35.6 Å². The van der Waals surface area contributed by atoms with E-state index in [4.69, 9.17) is 28.6 Å². The molecule has 160 valence electrons. The first-order valence-corrected chi connectivity index (χ1v) is 11.4. The zero-order valence-corrected chi connectivity index (χ0v) is 19.5. The number of hydrogen-bond donors (Lipinski definition) is 0. The topological polar surface area (TPSA) is 46.6 Å². The zero-order chi connectivity index (χ0) is 22.7. The molecule has 1 aliphatic rings. The number of rotatable bonds is 6. The molecule has 0 bridgehead atoms. The molecule has 0 saturated carbocycles. The first-order valence-electron chi connectivity index (χ1n) is 9.77. The van der Waals surface area contributed by atoms with Crippen LogP contribution in [0.2, 0.25) is 5.02 Å². The van der Waals surface area contributed by atoms with Gasteiger partial charge >= 0.3 is 0 Å². The number of anilines is 1. The third-order valence-corrected chi connectivity index (χ3v) is 6.38. The molecule has 0 aliphatic carbocycles. The summed E-state index contributed by atoms with van der Waals surface area (Å²) in [7, 11) is 0. The first-order chi connectivity index (χ1) is 15.4. The van der Waals surface area contributed by atoms with E-state index in [1.165, 1.54) is 23.6 Å². The maximum absolute atomic E-state index is 12.9. The lowest BCUT2D eigenvalue weighted by Gasteiger charge is -2.14. The average molecular weight is 480 g/mol. The Balaban J connectivity index is 1.44. The number of ketones is 1. The van der Waals surface area contributed by atoms with Crippen LogP contribution in [0.1, 0.15) is 28.4 Å². The molecule has 0 N–H and O–H groups in total. The fourth-order valence-electron chi connectivity index (χ4n) is 3.09. The first kappa shape index (κ1) is 22.3. The molecule has 4 rings (SSSR count). The fourth-order valence-corrected chi connectivity index (χ4v) is 4.52. The van der Waals surface area contributed by atoms with Crippen LogP contribution in [0.15, 0.2) is 77.7 Å². The SMILES string of the molecule is CC(=O)c1ccc(N2C(=O)/C(=C/c3ccc(OCc4ccc(Cl)cc4)cc3)SC2=S)cc1. The molecule has 3 aromatic carbocycles. The van der Waals surface area contributed by atoms with Gasteiger partial charge in [0, 0.05) is 10.6 Å². The number of thiocarbonyl (C=S) groups is 1. The number of nitrogens with zero attached hydrogens (tertiary/aromatic N) is 1. The molecule has 3 aromatic rings. The van der Waals surface area contributed by atoms with Gasteiger partial charge in [-0.05, 0) is 72.7 Å². The van der Waals surface area contributed by atoms with Gasteiger partial charge in [-0.1, -0.05) is 59.8 Å². The van der Waals surface area contributed by atoms with Gasteiger partial charge in [0.2, 0.25) is 0 Å². The molecule has 0 radical (unpaired) electrons. The summed E-state index contributed by atoms with van der Waals surface area (Å²) in [5.74, 6) is 0.524. The smallest absolute Gasteiger partial charge is 0.270 e. The van der Waals surface area contributed by atoms with Gasteiger partial charge in [0.1, 0.15) is 12.4 Å². The van der Waals surface area contributed by atoms with E-state index in [9.17, 15) is 9.59 Å². The van der Waals surface area contributed by atoms with Crippen LogP contribution in [0.25, 0.3) is 6.08 Å². The molecule has 0 unspecified atom stereocenters. The van der Waals surface area contributed by atoms with Gasteiger partial charge in [-0.3, -0.25) is 14.5 Å². The second-order valence-corrected chi connectivity index (χ2v) is 9.22. The highest BCUT2D eigenvalue weighted by Crippen LogP contribution is 2.36. The molecule has 1 amide bonds. The van der Waals surface area contributed by atoms with Crippen LogP contribution in [0, 0.1) is 0 Å². The monoisotopic (exact) mass is 479 g/mol. The van der Waals surface area contributed by atoms with E-state index >= 15 is 0 Å². The van der Waals surface area contributed by atoms with Crippen molar-refractivity contribution in [3.8, 4) is 5.75 Å². The van der Waals surface area contributed by atoms with Crippen LogP contribution in [-0.4, -0.2) is 16.0 Å². The van der Waals surface area contributed by atoms with E-state index < -0.39 is 0 Å². The van der Waals surface area contributed by atoms with Gasteiger partial charge in [-0.25, -0.2) is 0 Å². The minimum absolute atomic E-state index is 0.0255. The van der Waals surface area contributed by atoms with Crippen molar-refractivity contribution < 1.29 is 14.3 Å². The van der Waals surface area contributed by atoms with E-state index in [0.29, 0.717) is 32.1 Å².